The molecule has 2 aromatic rings. The van der Waals surface area contributed by atoms with Gasteiger partial charge in [-0.3, -0.25) is 0 Å². The summed E-state index contributed by atoms with van der Waals surface area (Å²) in [6, 6.07) is 6.82. The lowest BCUT2D eigenvalue weighted by molar-refractivity contribution is 0.0734. The van der Waals surface area contributed by atoms with Crippen LogP contribution in [0.3, 0.4) is 0 Å². The maximum atomic E-state index is 11.7. The third-order valence-electron chi connectivity index (χ3n) is 6.37. The molecule has 0 radical (unpaired) electrons. The molecule has 2 aliphatic heterocycles. The number of hydrogen-bond donors (Lipinski definition) is 0. The first-order chi connectivity index (χ1) is 13.1. The molecule has 0 unspecified atom stereocenters. The lowest BCUT2D eigenvalue weighted by atomic mass is 9.88. The Kier molecular flexibility index (Phi) is 5.33. The molecule has 0 bridgehead atoms. The summed E-state index contributed by atoms with van der Waals surface area (Å²) in [5.41, 5.74) is 2.68. The number of rotatable bonds is 2. The fourth-order valence-electron chi connectivity index (χ4n) is 4.83. The number of ether oxygens (including phenoxy) is 1. The first-order valence-corrected chi connectivity index (χ1v) is 10.3. The van der Waals surface area contributed by atoms with E-state index >= 15 is 0 Å². The maximum absolute atomic E-state index is 11.7. The van der Waals surface area contributed by atoms with E-state index in [9.17, 15) is 4.79 Å². The van der Waals surface area contributed by atoms with E-state index in [0.717, 1.165) is 44.0 Å². The van der Waals surface area contributed by atoms with Crippen LogP contribution in [0.2, 0.25) is 5.02 Å². The molecule has 0 N–H and O–H groups in total. The van der Waals surface area contributed by atoms with Crippen molar-refractivity contribution in [3.05, 3.63) is 35.0 Å². The van der Waals surface area contributed by atoms with Crippen LogP contribution in [0.4, 0.5) is 4.79 Å². The number of nitrogens with zero attached hydrogens (tertiary/aromatic N) is 3. The lowest BCUT2D eigenvalue weighted by Crippen LogP contribution is -2.48. The molecule has 6 heteroatoms. The van der Waals surface area contributed by atoms with Gasteiger partial charge in [0.25, 0.3) is 0 Å². The average molecular weight is 390 g/mol. The number of carbonyl (C=O) groups is 1. The Morgan fingerprint density at radius 2 is 1.81 bits per heavy atom. The van der Waals surface area contributed by atoms with Crippen LogP contribution >= 0.6 is 11.6 Å². The van der Waals surface area contributed by atoms with Gasteiger partial charge >= 0.3 is 6.09 Å². The molecule has 2 saturated heterocycles. The van der Waals surface area contributed by atoms with Crippen LogP contribution in [0.15, 0.2) is 24.4 Å². The second-order valence-corrected chi connectivity index (χ2v) is 8.29. The zero-order valence-electron chi connectivity index (χ0n) is 16.2. The molecule has 4 rings (SSSR count). The first kappa shape index (κ1) is 18.6. The van der Waals surface area contributed by atoms with Gasteiger partial charge in [-0.15, -0.1) is 0 Å². The van der Waals surface area contributed by atoms with Gasteiger partial charge in [-0.05, 0) is 62.4 Å². The molecule has 2 aliphatic rings. The largest absolute Gasteiger partial charge is 0.453 e. The SMILES string of the molecule is COC(=O)N1CCC(N2CCC(c3cn(C)c4cc(Cl)ccc34)CC2)CC1. The van der Waals surface area contributed by atoms with Gasteiger partial charge in [0.2, 0.25) is 0 Å². The number of amides is 1. The van der Waals surface area contributed by atoms with Crippen molar-refractivity contribution in [1.82, 2.24) is 14.4 Å². The number of piperidine rings is 2. The summed E-state index contributed by atoms with van der Waals surface area (Å²) < 4.78 is 7.04. The Morgan fingerprint density at radius 3 is 2.48 bits per heavy atom. The highest BCUT2D eigenvalue weighted by atomic mass is 35.5. The van der Waals surface area contributed by atoms with Crippen molar-refractivity contribution in [2.45, 2.75) is 37.6 Å². The highest BCUT2D eigenvalue weighted by molar-refractivity contribution is 6.31. The molecular formula is C21H28ClN3O2. The second kappa shape index (κ2) is 7.72. The van der Waals surface area contributed by atoms with E-state index in [2.05, 4.69) is 34.8 Å². The number of methoxy groups -OCH3 is 1. The van der Waals surface area contributed by atoms with E-state index in [0.29, 0.717) is 12.0 Å². The Morgan fingerprint density at radius 1 is 1.11 bits per heavy atom. The molecule has 0 aliphatic carbocycles. The van der Waals surface area contributed by atoms with Crippen molar-refractivity contribution >= 4 is 28.6 Å². The molecule has 1 amide bonds. The number of benzene rings is 1. The number of aryl methyl sites for hydroxylation is 1. The average Bonchev–Trinajstić information content (AvgIpc) is 3.03. The van der Waals surface area contributed by atoms with Crippen molar-refractivity contribution in [1.29, 1.82) is 0 Å². The zero-order chi connectivity index (χ0) is 19.0. The van der Waals surface area contributed by atoms with Gasteiger partial charge in [0.15, 0.2) is 0 Å². The van der Waals surface area contributed by atoms with E-state index < -0.39 is 0 Å². The van der Waals surface area contributed by atoms with Gasteiger partial charge in [-0.1, -0.05) is 17.7 Å². The smallest absolute Gasteiger partial charge is 0.409 e. The minimum absolute atomic E-state index is 0.191. The highest BCUT2D eigenvalue weighted by Gasteiger charge is 2.31. The molecule has 27 heavy (non-hydrogen) atoms. The quantitative estimate of drug-likeness (QED) is 0.770. The topological polar surface area (TPSA) is 37.7 Å². The monoisotopic (exact) mass is 389 g/mol. The fraction of sp³-hybridized carbons (Fsp3) is 0.571. The maximum Gasteiger partial charge on any atom is 0.409 e. The minimum atomic E-state index is -0.191. The van der Waals surface area contributed by atoms with Crippen LogP contribution in [-0.4, -0.2) is 59.8 Å². The summed E-state index contributed by atoms with van der Waals surface area (Å²) in [5, 5.41) is 2.13. The van der Waals surface area contributed by atoms with Gasteiger partial charge < -0.3 is 19.1 Å². The lowest BCUT2D eigenvalue weighted by Gasteiger charge is -2.41. The summed E-state index contributed by atoms with van der Waals surface area (Å²) in [6.07, 6.45) is 6.58. The van der Waals surface area contributed by atoms with Crippen LogP contribution < -0.4 is 0 Å². The normalized spacial score (nSPS) is 20.3. The number of carbonyl (C=O) groups excluding carboxylic acids is 1. The molecule has 1 aromatic heterocycles. The molecule has 5 nitrogen and oxygen atoms in total. The van der Waals surface area contributed by atoms with Crippen molar-refractivity contribution in [3.8, 4) is 0 Å². The van der Waals surface area contributed by atoms with Crippen LogP contribution in [0.5, 0.6) is 0 Å². The number of hydrogen-bond acceptors (Lipinski definition) is 3. The van der Waals surface area contributed by atoms with Gasteiger partial charge in [-0.2, -0.15) is 0 Å². The molecule has 3 heterocycles. The Balaban J connectivity index is 1.38. The van der Waals surface area contributed by atoms with Crippen LogP contribution in [0, 0.1) is 0 Å². The highest BCUT2D eigenvalue weighted by Crippen LogP contribution is 2.36. The summed E-state index contributed by atoms with van der Waals surface area (Å²) in [6.45, 7) is 3.89. The molecule has 2 fully saturated rings. The summed E-state index contributed by atoms with van der Waals surface area (Å²) in [4.78, 5) is 16.1. The number of halogens is 1. The molecule has 146 valence electrons. The first-order valence-electron chi connectivity index (χ1n) is 9.88. The van der Waals surface area contributed by atoms with Crippen molar-refractivity contribution < 1.29 is 9.53 Å². The van der Waals surface area contributed by atoms with E-state index in [1.165, 1.54) is 36.4 Å². The van der Waals surface area contributed by atoms with Gasteiger partial charge in [0.1, 0.15) is 0 Å². The van der Waals surface area contributed by atoms with Crippen LogP contribution in [0.25, 0.3) is 10.9 Å². The number of fused-ring (bicyclic) bond motifs is 1. The summed E-state index contributed by atoms with van der Waals surface area (Å²) in [5.74, 6) is 0.612. The fourth-order valence-corrected chi connectivity index (χ4v) is 5.00. The molecule has 0 saturated carbocycles. The van der Waals surface area contributed by atoms with Crippen LogP contribution in [-0.2, 0) is 11.8 Å². The third kappa shape index (κ3) is 3.67. The second-order valence-electron chi connectivity index (χ2n) is 7.86. The predicted molar refractivity (Wildman–Crippen MR) is 108 cm³/mol. The standard InChI is InChI=1S/C21H28ClN3O2/c1-23-14-19(18-4-3-16(22)13-20(18)23)15-5-9-24(10-6-15)17-7-11-25(12-8-17)21(26)27-2/h3-4,13-15,17H,5-12H2,1-2H3. The third-order valence-corrected chi connectivity index (χ3v) is 6.60. The van der Waals surface area contributed by atoms with Gasteiger partial charge in [0, 0.05) is 48.3 Å². The van der Waals surface area contributed by atoms with E-state index in [-0.39, 0.29) is 6.09 Å². The minimum Gasteiger partial charge on any atom is -0.453 e. The summed E-state index contributed by atoms with van der Waals surface area (Å²) >= 11 is 6.18. The van der Waals surface area contributed by atoms with E-state index in [1.807, 2.05) is 11.0 Å². The summed E-state index contributed by atoms with van der Waals surface area (Å²) in [7, 11) is 3.56. The van der Waals surface area contributed by atoms with Crippen molar-refractivity contribution in [2.75, 3.05) is 33.3 Å². The molecule has 0 atom stereocenters. The predicted octanol–water partition coefficient (Wildman–Crippen LogP) is 4.24. The van der Waals surface area contributed by atoms with Gasteiger partial charge in [-0.25, -0.2) is 4.79 Å². The van der Waals surface area contributed by atoms with E-state index in [4.69, 9.17) is 16.3 Å². The van der Waals surface area contributed by atoms with Crippen molar-refractivity contribution in [3.63, 3.8) is 0 Å². The Bertz CT molecular complexity index is 818. The molecule has 1 aromatic carbocycles. The number of likely N-dealkylation sites (tertiary alicyclic amines) is 2. The molecular weight excluding hydrogens is 362 g/mol. The Hall–Kier alpha value is -1.72. The van der Waals surface area contributed by atoms with Gasteiger partial charge in [0.05, 0.1) is 7.11 Å². The van der Waals surface area contributed by atoms with E-state index in [1.54, 1.807) is 0 Å². The van der Waals surface area contributed by atoms with Crippen LogP contribution in [0.1, 0.15) is 37.2 Å². The van der Waals surface area contributed by atoms with Crippen molar-refractivity contribution in [2.24, 2.45) is 7.05 Å². The number of aromatic nitrogens is 1. The Labute approximate surface area is 165 Å². The zero-order valence-corrected chi connectivity index (χ0v) is 16.9. The molecule has 0 spiro atoms.